The quantitative estimate of drug-likeness (QED) is 0.455. The molecule has 0 aliphatic heterocycles. The van der Waals surface area contributed by atoms with Crippen LogP contribution >= 0.6 is 0 Å². The molecular formula is C15H24N2O4. The largest absolute Gasteiger partial charge is 0.545 e. The van der Waals surface area contributed by atoms with E-state index in [0.29, 0.717) is 0 Å². The number of aromatic carboxylic acids is 1. The molecule has 0 aliphatic rings. The summed E-state index contributed by atoms with van der Waals surface area (Å²) in [7, 11) is 0. The van der Waals surface area contributed by atoms with Crippen molar-refractivity contribution in [3.63, 3.8) is 0 Å². The summed E-state index contributed by atoms with van der Waals surface area (Å²) in [6.07, 6.45) is 0. The summed E-state index contributed by atoms with van der Waals surface area (Å²) >= 11 is 0. The predicted octanol–water partition coefficient (Wildman–Crippen LogP) is 1.84. The summed E-state index contributed by atoms with van der Waals surface area (Å²) in [5.41, 5.74) is -0.847. The third-order valence-corrected chi connectivity index (χ3v) is 4.00. The molecule has 0 unspecified atom stereocenters. The zero-order valence-electron chi connectivity index (χ0n) is 13.2. The standard InChI is InChI=1S/C8H20N.C7H5NO4/c1-5-9(6-2,7-3)8-4;9-7(10)5-3-1-2-4-6(5)8(11)12/h5-8H2,1-4H3;1-4H,(H,9,10)/q+1;/p-1. The van der Waals surface area contributed by atoms with Crippen LogP contribution in [0.4, 0.5) is 5.69 Å². The minimum Gasteiger partial charge on any atom is -0.545 e. The number of carbonyl (C=O) groups is 1. The molecule has 0 radical (unpaired) electrons. The summed E-state index contributed by atoms with van der Waals surface area (Å²) in [5.74, 6) is -1.54. The van der Waals surface area contributed by atoms with Crippen LogP contribution in [-0.4, -0.2) is 41.6 Å². The van der Waals surface area contributed by atoms with E-state index in [1.807, 2.05) is 0 Å². The minimum absolute atomic E-state index is 0.400. The fourth-order valence-electron chi connectivity index (χ4n) is 2.15. The Hall–Kier alpha value is -1.95. The minimum atomic E-state index is -1.54. The zero-order valence-corrected chi connectivity index (χ0v) is 13.2. The van der Waals surface area contributed by atoms with Gasteiger partial charge in [-0.2, -0.15) is 0 Å². The van der Waals surface area contributed by atoms with Gasteiger partial charge in [0.1, 0.15) is 0 Å². The van der Waals surface area contributed by atoms with Gasteiger partial charge in [-0.1, -0.05) is 12.1 Å². The Morgan fingerprint density at radius 3 is 1.71 bits per heavy atom. The number of hydrogen-bond donors (Lipinski definition) is 0. The predicted molar refractivity (Wildman–Crippen MR) is 79.9 cm³/mol. The van der Waals surface area contributed by atoms with E-state index in [1.165, 1.54) is 42.8 Å². The number of quaternary nitrogens is 1. The normalized spacial score (nSPS) is 10.5. The third-order valence-electron chi connectivity index (χ3n) is 4.00. The lowest BCUT2D eigenvalue weighted by Crippen LogP contribution is -2.47. The van der Waals surface area contributed by atoms with Crippen molar-refractivity contribution in [2.75, 3.05) is 26.2 Å². The Kier molecular flexibility index (Phi) is 8.23. The van der Waals surface area contributed by atoms with Crippen LogP contribution in [0.25, 0.3) is 0 Å². The molecule has 21 heavy (non-hydrogen) atoms. The second-order valence-electron chi connectivity index (χ2n) is 4.67. The molecule has 0 aromatic heterocycles. The molecule has 0 saturated carbocycles. The third kappa shape index (κ3) is 5.51. The average molecular weight is 296 g/mol. The highest BCUT2D eigenvalue weighted by molar-refractivity contribution is 5.90. The molecule has 1 aromatic rings. The molecule has 118 valence electrons. The molecule has 0 atom stereocenters. The van der Waals surface area contributed by atoms with Crippen LogP contribution in [0.1, 0.15) is 38.1 Å². The van der Waals surface area contributed by atoms with Crippen LogP contribution in [-0.2, 0) is 0 Å². The number of nitrogens with zero attached hydrogens (tertiary/aromatic N) is 2. The van der Waals surface area contributed by atoms with Gasteiger partial charge in [-0.25, -0.2) is 0 Å². The molecular weight excluding hydrogens is 272 g/mol. The number of carbonyl (C=O) groups excluding carboxylic acids is 1. The monoisotopic (exact) mass is 296 g/mol. The van der Waals surface area contributed by atoms with Gasteiger partial charge in [0.15, 0.2) is 0 Å². The number of carboxylic acid groups (broad SMARTS) is 1. The highest BCUT2D eigenvalue weighted by Crippen LogP contribution is 2.15. The van der Waals surface area contributed by atoms with E-state index >= 15 is 0 Å². The molecule has 0 bridgehead atoms. The van der Waals surface area contributed by atoms with Gasteiger partial charge in [-0.15, -0.1) is 0 Å². The zero-order chi connectivity index (χ0) is 16.5. The number of carboxylic acids is 1. The van der Waals surface area contributed by atoms with Crippen molar-refractivity contribution in [2.24, 2.45) is 0 Å². The Bertz CT molecular complexity index is 420. The van der Waals surface area contributed by atoms with E-state index < -0.39 is 22.1 Å². The van der Waals surface area contributed by atoms with Crippen molar-refractivity contribution in [1.82, 2.24) is 0 Å². The molecule has 0 aliphatic carbocycles. The van der Waals surface area contributed by atoms with Gasteiger partial charge in [-0.3, -0.25) is 10.1 Å². The maximum Gasteiger partial charge on any atom is 0.278 e. The first-order valence-corrected chi connectivity index (χ1v) is 7.17. The molecule has 6 heteroatoms. The van der Waals surface area contributed by atoms with E-state index in [9.17, 15) is 20.0 Å². The van der Waals surface area contributed by atoms with Crippen LogP contribution < -0.4 is 5.11 Å². The van der Waals surface area contributed by atoms with Crippen molar-refractivity contribution in [1.29, 1.82) is 0 Å². The van der Waals surface area contributed by atoms with Gasteiger partial charge < -0.3 is 14.4 Å². The molecule has 0 saturated heterocycles. The number of benzene rings is 1. The number of para-hydroxylation sites is 1. The summed E-state index contributed by atoms with van der Waals surface area (Å²) in [6, 6.07) is 5.04. The van der Waals surface area contributed by atoms with Crippen molar-refractivity contribution in [2.45, 2.75) is 27.7 Å². The molecule has 1 rings (SSSR count). The van der Waals surface area contributed by atoms with E-state index in [0.717, 1.165) is 12.1 Å². The number of nitro benzene ring substituents is 1. The second kappa shape index (κ2) is 9.07. The Balaban J connectivity index is 0.000000400. The number of rotatable bonds is 6. The second-order valence-corrected chi connectivity index (χ2v) is 4.67. The lowest BCUT2D eigenvalue weighted by Gasteiger charge is -2.34. The Morgan fingerprint density at radius 1 is 1.05 bits per heavy atom. The molecule has 0 fully saturated rings. The molecule has 0 heterocycles. The average Bonchev–Trinajstić information content (AvgIpc) is 2.50. The summed E-state index contributed by atoms with van der Waals surface area (Å²) in [6.45, 7) is 14.2. The highest BCUT2D eigenvalue weighted by atomic mass is 16.6. The molecule has 1 aromatic carbocycles. The summed E-state index contributed by atoms with van der Waals surface area (Å²) in [4.78, 5) is 19.8. The number of nitro groups is 1. The molecule has 0 spiro atoms. The van der Waals surface area contributed by atoms with Crippen LogP contribution in [0, 0.1) is 10.1 Å². The van der Waals surface area contributed by atoms with Crippen molar-refractivity contribution < 1.29 is 19.3 Å². The maximum atomic E-state index is 10.3. The van der Waals surface area contributed by atoms with Crippen molar-refractivity contribution >= 4 is 11.7 Å². The van der Waals surface area contributed by atoms with Crippen LogP contribution in [0.2, 0.25) is 0 Å². The van der Waals surface area contributed by atoms with Crippen LogP contribution in [0.15, 0.2) is 24.3 Å². The van der Waals surface area contributed by atoms with E-state index in [1.54, 1.807) is 0 Å². The van der Waals surface area contributed by atoms with Gasteiger partial charge >= 0.3 is 0 Å². The molecule has 6 nitrogen and oxygen atoms in total. The lowest BCUT2D eigenvalue weighted by atomic mass is 10.2. The van der Waals surface area contributed by atoms with Gasteiger partial charge in [0.2, 0.25) is 0 Å². The number of hydrogen-bond acceptors (Lipinski definition) is 4. The Labute approximate surface area is 125 Å². The summed E-state index contributed by atoms with van der Waals surface area (Å²) < 4.78 is 1.28. The van der Waals surface area contributed by atoms with Gasteiger partial charge in [0, 0.05) is 6.07 Å². The Morgan fingerprint density at radius 2 is 1.48 bits per heavy atom. The highest BCUT2D eigenvalue weighted by Gasteiger charge is 2.16. The fraction of sp³-hybridized carbons (Fsp3) is 0.533. The first kappa shape index (κ1) is 19.1. The van der Waals surface area contributed by atoms with Crippen LogP contribution in [0.5, 0.6) is 0 Å². The summed E-state index contributed by atoms with van der Waals surface area (Å²) in [5, 5.41) is 20.6. The van der Waals surface area contributed by atoms with E-state index in [-0.39, 0.29) is 0 Å². The first-order chi connectivity index (χ1) is 9.87. The van der Waals surface area contributed by atoms with Gasteiger partial charge in [-0.05, 0) is 33.8 Å². The molecule has 0 amide bonds. The van der Waals surface area contributed by atoms with Crippen molar-refractivity contribution in [3.8, 4) is 0 Å². The van der Waals surface area contributed by atoms with Gasteiger partial charge in [0.25, 0.3) is 5.69 Å². The van der Waals surface area contributed by atoms with E-state index in [2.05, 4.69) is 27.7 Å². The smallest absolute Gasteiger partial charge is 0.278 e. The molecule has 0 N–H and O–H groups in total. The van der Waals surface area contributed by atoms with E-state index in [4.69, 9.17) is 0 Å². The SMILES string of the molecule is CC[N+](CC)(CC)CC.O=C([O-])c1ccccc1[N+](=O)[O-]. The van der Waals surface area contributed by atoms with Crippen LogP contribution in [0.3, 0.4) is 0 Å². The fourth-order valence-corrected chi connectivity index (χ4v) is 2.15. The van der Waals surface area contributed by atoms with Crippen molar-refractivity contribution in [3.05, 3.63) is 39.9 Å². The van der Waals surface area contributed by atoms with Gasteiger partial charge in [0.05, 0.1) is 42.6 Å². The first-order valence-electron chi connectivity index (χ1n) is 7.17. The lowest BCUT2D eigenvalue weighted by molar-refractivity contribution is -0.921. The topological polar surface area (TPSA) is 83.3 Å². The maximum absolute atomic E-state index is 10.3.